The molecule has 0 radical (unpaired) electrons. The molecule has 4 nitrogen and oxygen atoms in total. The average molecular weight is 488 g/mol. The fraction of sp³-hybridized carbons (Fsp3) is 0.406. The molecule has 0 saturated heterocycles. The maximum absolute atomic E-state index is 12.1. The van der Waals surface area contributed by atoms with Gasteiger partial charge in [-0.2, -0.15) is 0 Å². The lowest BCUT2D eigenvalue weighted by Crippen LogP contribution is -2.42. The van der Waals surface area contributed by atoms with Crippen LogP contribution in [0.4, 0.5) is 0 Å². The first-order valence-corrected chi connectivity index (χ1v) is 13.0. The molecule has 0 aliphatic heterocycles. The number of carbonyl (C=O) groups is 1. The van der Waals surface area contributed by atoms with Gasteiger partial charge in [0.15, 0.2) is 0 Å². The van der Waals surface area contributed by atoms with Crippen molar-refractivity contribution in [3.63, 3.8) is 0 Å². The van der Waals surface area contributed by atoms with Crippen molar-refractivity contribution in [2.45, 2.75) is 71.2 Å². The standard InChI is InChI=1S/C32H41NO3/c1-25(2)33(26(3)4)23-22-32(21-20-27-12-8-6-9-13-27,36-24-28-14-10-7-11-15-28)30-18-16-29(17-19-30)31(34)35-5/h6-19,25-26H,20-24H2,1-5H3. The number of aryl methyl sites for hydroxylation is 1. The van der Waals surface area contributed by atoms with E-state index < -0.39 is 5.60 Å². The molecular formula is C32H41NO3. The normalized spacial score (nSPS) is 13.2. The monoisotopic (exact) mass is 487 g/mol. The maximum atomic E-state index is 12.1. The van der Waals surface area contributed by atoms with E-state index >= 15 is 0 Å². The number of rotatable bonds is 13. The molecule has 0 amide bonds. The summed E-state index contributed by atoms with van der Waals surface area (Å²) < 4.78 is 11.8. The highest BCUT2D eigenvalue weighted by atomic mass is 16.5. The highest BCUT2D eigenvalue weighted by molar-refractivity contribution is 5.89. The predicted molar refractivity (Wildman–Crippen MR) is 147 cm³/mol. The highest BCUT2D eigenvalue weighted by Crippen LogP contribution is 2.37. The van der Waals surface area contributed by atoms with Gasteiger partial charge in [-0.05, 0) is 75.8 Å². The Bertz CT molecular complexity index is 994. The first-order chi connectivity index (χ1) is 17.3. The summed E-state index contributed by atoms with van der Waals surface area (Å²) in [6.45, 7) is 10.4. The molecule has 0 N–H and O–H groups in total. The maximum Gasteiger partial charge on any atom is 0.337 e. The third-order valence-electron chi connectivity index (χ3n) is 6.95. The summed E-state index contributed by atoms with van der Waals surface area (Å²) in [7, 11) is 1.41. The fourth-order valence-corrected chi connectivity index (χ4v) is 4.88. The molecule has 0 saturated carbocycles. The van der Waals surface area contributed by atoms with Crippen molar-refractivity contribution in [2.24, 2.45) is 0 Å². The van der Waals surface area contributed by atoms with Crippen LogP contribution in [0.25, 0.3) is 0 Å². The van der Waals surface area contributed by atoms with Gasteiger partial charge < -0.3 is 9.47 Å². The number of hydrogen-bond donors (Lipinski definition) is 0. The van der Waals surface area contributed by atoms with Crippen LogP contribution < -0.4 is 0 Å². The third kappa shape index (κ3) is 7.52. The van der Waals surface area contributed by atoms with Crippen LogP contribution in [0.15, 0.2) is 84.9 Å². The van der Waals surface area contributed by atoms with Crippen LogP contribution in [0.1, 0.15) is 67.6 Å². The van der Waals surface area contributed by atoms with Crippen LogP contribution in [0, 0.1) is 0 Å². The fourth-order valence-electron chi connectivity index (χ4n) is 4.88. The largest absolute Gasteiger partial charge is 0.465 e. The Morgan fingerprint density at radius 3 is 1.86 bits per heavy atom. The van der Waals surface area contributed by atoms with Gasteiger partial charge in [0.05, 0.1) is 24.9 Å². The Balaban J connectivity index is 1.99. The van der Waals surface area contributed by atoms with E-state index in [-0.39, 0.29) is 5.97 Å². The summed E-state index contributed by atoms with van der Waals surface area (Å²) in [5, 5.41) is 0. The van der Waals surface area contributed by atoms with Gasteiger partial charge in [0.2, 0.25) is 0 Å². The van der Waals surface area contributed by atoms with Gasteiger partial charge in [-0.3, -0.25) is 4.90 Å². The molecule has 0 aliphatic rings. The molecule has 4 heteroatoms. The quantitative estimate of drug-likeness (QED) is 0.243. The summed E-state index contributed by atoms with van der Waals surface area (Å²) in [5.74, 6) is -0.326. The minimum Gasteiger partial charge on any atom is -0.465 e. The Hall–Kier alpha value is -2.95. The SMILES string of the molecule is COC(=O)c1ccc(C(CCc2ccccc2)(CCN(C(C)C)C(C)C)OCc2ccccc2)cc1. The Morgan fingerprint density at radius 1 is 0.778 bits per heavy atom. The number of benzene rings is 3. The first kappa shape index (κ1) is 27.6. The summed E-state index contributed by atoms with van der Waals surface area (Å²) >= 11 is 0. The van der Waals surface area contributed by atoms with Gasteiger partial charge in [0, 0.05) is 18.6 Å². The van der Waals surface area contributed by atoms with E-state index in [0.717, 1.165) is 36.9 Å². The molecule has 0 aromatic heterocycles. The molecule has 1 unspecified atom stereocenters. The summed E-state index contributed by atoms with van der Waals surface area (Å²) in [5.41, 5.74) is 3.57. The third-order valence-corrected chi connectivity index (χ3v) is 6.95. The number of methoxy groups -OCH3 is 1. The van der Waals surface area contributed by atoms with Crippen LogP contribution in [-0.2, 0) is 28.1 Å². The van der Waals surface area contributed by atoms with E-state index in [1.165, 1.54) is 12.7 Å². The molecule has 192 valence electrons. The topological polar surface area (TPSA) is 38.8 Å². The van der Waals surface area contributed by atoms with Gasteiger partial charge in [-0.15, -0.1) is 0 Å². The van der Waals surface area contributed by atoms with Gasteiger partial charge >= 0.3 is 5.97 Å². The van der Waals surface area contributed by atoms with Crippen LogP contribution >= 0.6 is 0 Å². The average Bonchev–Trinajstić information content (AvgIpc) is 2.90. The Morgan fingerprint density at radius 2 is 1.33 bits per heavy atom. The number of esters is 1. The van der Waals surface area contributed by atoms with E-state index in [4.69, 9.17) is 9.47 Å². The zero-order valence-electron chi connectivity index (χ0n) is 22.4. The van der Waals surface area contributed by atoms with Crippen molar-refractivity contribution < 1.29 is 14.3 Å². The second kappa shape index (κ2) is 13.4. The number of ether oxygens (including phenoxy) is 2. The zero-order valence-corrected chi connectivity index (χ0v) is 22.4. The first-order valence-electron chi connectivity index (χ1n) is 13.0. The van der Waals surface area contributed by atoms with E-state index in [1.807, 2.05) is 30.3 Å². The molecular weight excluding hydrogens is 446 g/mol. The lowest BCUT2D eigenvalue weighted by Gasteiger charge is -2.39. The molecule has 36 heavy (non-hydrogen) atoms. The molecule has 0 heterocycles. The molecule has 0 bridgehead atoms. The molecule has 0 spiro atoms. The second-order valence-electron chi connectivity index (χ2n) is 10.00. The lowest BCUT2D eigenvalue weighted by molar-refractivity contribution is -0.0811. The predicted octanol–water partition coefficient (Wildman–Crippen LogP) is 7.03. The van der Waals surface area contributed by atoms with Crippen molar-refractivity contribution in [1.29, 1.82) is 0 Å². The molecule has 3 aromatic rings. The van der Waals surface area contributed by atoms with Crippen molar-refractivity contribution in [1.82, 2.24) is 4.90 Å². The minimum absolute atomic E-state index is 0.326. The van der Waals surface area contributed by atoms with Crippen molar-refractivity contribution in [2.75, 3.05) is 13.7 Å². The molecule has 3 aromatic carbocycles. The van der Waals surface area contributed by atoms with Crippen LogP contribution in [-0.4, -0.2) is 36.6 Å². The molecule has 0 aliphatic carbocycles. The molecule has 3 rings (SSSR count). The number of nitrogens with zero attached hydrogens (tertiary/aromatic N) is 1. The summed E-state index contributed by atoms with van der Waals surface area (Å²) in [6.07, 6.45) is 2.59. The van der Waals surface area contributed by atoms with E-state index in [2.05, 4.69) is 87.2 Å². The summed E-state index contributed by atoms with van der Waals surface area (Å²) in [6, 6.07) is 29.6. The Labute approximate surface area is 217 Å². The van der Waals surface area contributed by atoms with E-state index in [0.29, 0.717) is 24.3 Å². The highest BCUT2D eigenvalue weighted by Gasteiger charge is 2.34. The van der Waals surface area contributed by atoms with Crippen LogP contribution in [0.2, 0.25) is 0 Å². The Kier molecular flexibility index (Phi) is 10.3. The molecule has 1 atom stereocenters. The smallest absolute Gasteiger partial charge is 0.337 e. The van der Waals surface area contributed by atoms with Crippen LogP contribution in [0.5, 0.6) is 0 Å². The summed E-state index contributed by atoms with van der Waals surface area (Å²) in [4.78, 5) is 14.6. The number of hydrogen-bond acceptors (Lipinski definition) is 4. The van der Waals surface area contributed by atoms with Crippen molar-refractivity contribution >= 4 is 5.97 Å². The minimum atomic E-state index is -0.512. The zero-order chi connectivity index (χ0) is 26.0. The van der Waals surface area contributed by atoms with Gasteiger partial charge in [-0.1, -0.05) is 72.8 Å². The van der Waals surface area contributed by atoms with Gasteiger partial charge in [0.25, 0.3) is 0 Å². The van der Waals surface area contributed by atoms with E-state index in [9.17, 15) is 4.79 Å². The van der Waals surface area contributed by atoms with Crippen LogP contribution in [0.3, 0.4) is 0 Å². The molecule has 0 fully saturated rings. The van der Waals surface area contributed by atoms with Gasteiger partial charge in [0.1, 0.15) is 0 Å². The van der Waals surface area contributed by atoms with Crippen molar-refractivity contribution in [3.05, 3.63) is 107 Å². The van der Waals surface area contributed by atoms with Crippen molar-refractivity contribution in [3.8, 4) is 0 Å². The second-order valence-corrected chi connectivity index (χ2v) is 10.00. The van der Waals surface area contributed by atoms with E-state index in [1.54, 1.807) is 0 Å². The lowest BCUT2D eigenvalue weighted by atomic mass is 9.83. The number of carbonyl (C=O) groups excluding carboxylic acids is 1. The van der Waals surface area contributed by atoms with Gasteiger partial charge in [-0.25, -0.2) is 4.79 Å².